The van der Waals surface area contributed by atoms with Gasteiger partial charge in [0.2, 0.25) is 11.8 Å². The predicted octanol–water partition coefficient (Wildman–Crippen LogP) is 1.25. The molecule has 1 saturated heterocycles. The lowest BCUT2D eigenvalue weighted by atomic mass is 10.0. The Bertz CT molecular complexity index is 304. The van der Waals surface area contributed by atoms with Crippen LogP contribution in [0.4, 0.5) is 0 Å². The zero-order chi connectivity index (χ0) is 12.1. The molecule has 1 heterocycles. The normalized spacial score (nSPS) is 26.3. The summed E-state index contributed by atoms with van der Waals surface area (Å²) in [5.41, 5.74) is 1.37. The Hall–Kier alpha value is -1.03. The van der Waals surface area contributed by atoms with Crippen LogP contribution in [-0.4, -0.2) is 35.3 Å². The minimum absolute atomic E-state index is 0.0243. The van der Waals surface area contributed by atoms with Gasteiger partial charge < -0.3 is 10.2 Å². The van der Waals surface area contributed by atoms with E-state index >= 15 is 0 Å². The third-order valence-electron chi connectivity index (χ3n) is 2.76. The first-order valence-electron chi connectivity index (χ1n) is 5.51. The van der Waals surface area contributed by atoms with Crippen molar-refractivity contribution in [2.75, 3.05) is 6.54 Å². The molecule has 0 aromatic heterocycles. The fourth-order valence-electron chi connectivity index (χ4n) is 1.88. The minimum Gasteiger partial charge on any atom is -0.343 e. The summed E-state index contributed by atoms with van der Waals surface area (Å²) in [5.74, 6) is -0.0966. The molecule has 0 saturated carbocycles. The highest BCUT2D eigenvalue weighted by Gasteiger charge is 2.37. The van der Waals surface area contributed by atoms with Gasteiger partial charge in [-0.3, -0.25) is 9.59 Å². The molecule has 5 heteroatoms. The summed E-state index contributed by atoms with van der Waals surface area (Å²) in [7, 11) is 0. The van der Waals surface area contributed by atoms with Gasteiger partial charge in [-0.1, -0.05) is 31.5 Å². The maximum absolute atomic E-state index is 12.0. The topological polar surface area (TPSA) is 49.4 Å². The number of halogens is 1. The van der Waals surface area contributed by atoms with Crippen molar-refractivity contribution in [3.05, 3.63) is 11.6 Å². The molecule has 0 bridgehead atoms. The van der Waals surface area contributed by atoms with Crippen LogP contribution in [0.25, 0.3) is 0 Å². The van der Waals surface area contributed by atoms with E-state index in [0.717, 1.165) is 0 Å². The van der Waals surface area contributed by atoms with Crippen LogP contribution >= 0.6 is 11.6 Å². The van der Waals surface area contributed by atoms with E-state index in [1.165, 1.54) is 5.54 Å². The number of carbonyl (C=O) groups excluding carboxylic acids is 2. The molecule has 0 aromatic rings. The molecule has 90 valence electrons. The summed E-state index contributed by atoms with van der Waals surface area (Å²) < 4.78 is 0. The molecule has 2 unspecified atom stereocenters. The van der Waals surface area contributed by atoms with Gasteiger partial charge in [0, 0.05) is 12.1 Å². The molecular formula is C11H17ClN2O2. The fourth-order valence-corrected chi connectivity index (χ4v) is 1.96. The molecule has 0 radical (unpaired) electrons. The Labute approximate surface area is 101 Å². The van der Waals surface area contributed by atoms with E-state index in [4.69, 9.17) is 11.6 Å². The average Bonchev–Trinajstić information content (AvgIpc) is 2.29. The number of hydrogen-bond donors (Lipinski definition) is 1. The highest BCUT2D eigenvalue weighted by atomic mass is 35.5. The molecule has 0 aromatic carbocycles. The summed E-state index contributed by atoms with van der Waals surface area (Å²) in [6, 6.07) is -0.762. The van der Waals surface area contributed by atoms with Gasteiger partial charge in [0.05, 0.1) is 0 Å². The summed E-state index contributed by atoms with van der Waals surface area (Å²) in [6.45, 7) is 4.16. The van der Waals surface area contributed by atoms with Gasteiger partial charge in [0.1, 0.15) is 12.1 Å². The Kier molecular flexibility index (Phi) is 4.80. The van der Waals surface area contributed by atoms with Crippen LogP contribution in [0.2, 0.25) is 0 Å². The maximum Gasteiger partial charge on any atom is 0.246 e. The quantitative estimate of drug-likeness (QED) is 0.809. The number of amides is 2. The Morgan fingerprint density at radius 1 is 1.38 bits per heavy atom. The van der Waals surface area contributed by atoms with Crippen LogP contribution in [0.1, 0.15) is 26.7 Å². The summed E-state index contributed by atoms with van der Waals surface area (Å²) in [4.78, 5) is 25.4. The second-order valence-corrected chi connectivity index (χ2v) is 4.00. The lowest BCUT2D eigenvalue weighted by Gasteiger charge is -2.37. The molecule has 16 heavy (non-hydrogen) atoms. The maximum atomic E-state index is 12.0. The standard InChI is InChI=1S/C11H17ClN2O2/c1-3-8-11(16)14(7-5-6-12)9(4-2)10(15)13-8/h5-6,8-9H,3-4,7H2,1-2H3,(H,13,15)/b6-5+. The zero-order valence-electron chi connectivity index (χ0n) is 9.57. The highest BCUT2D eigenvalue weighted by Crippen LogP contribution is 2.14. The first-order valence-corrected chi connectivity index (χ1v) is 5.95. The molecule has 2 atom stereocenters. The van der Waals surface area contributed by atoms with Crippen LogP contribution in [-0.2, 0) is 9.59 Å². The van der Waals surface area contributed by atoms with Gasteiger partial charge >= 0.3 is 0 Å². The second kappa shape index (κ2) is 5.89. The third-order valence-corrected chi connectivity index (χ3v) is 2.94. The number of nitrogens with zero attached hydrogens (tertiary/aromatic N) is 1. The zero-order valence-corrected chi connectivity index (χ0v) is 10.3. The van der Waals surface area contributed by atoms with Gasteiger partial charge in [0.25, 0.3) is 0 Å². The molecule has 0 aliphatic carbocycles. The van der Waals surface area contributed by atoms with Crippen LogP contribution in [0, 0.1) is 0 Å². The van der Waals surface area contributed by atoms with E-state index < -0.39 is 0 Å². The minimum atomic E-state index is -0.390. The lowest BCUT2D eigenvalue weighted by Crippen LogP contribution is -2.62. The Morgan fingerprint density at radius 3 is 2.56 bits per heavy atom. The lowest BCUT2D eigenvalue weighted by molar-refractivity contribution is -0.148. The first kappa shape index (κ1) is 13.0. The van der Waals surface area contributed by atoms with Gasteiger partial charge in [-0.25, -0.2) is 0 Å². The number of carbonyl (C=O) groups is 2. The molecule has 1 fully saturated rings. The molecule has 4 nitrogen and oxygen atoms in total. The summed E-state index contributed by atoms with van der Waals surface area (Å²) in [5, 5.41) is 2.74. The van der Waals surface area contributed by atoms with Crippen molar-refractivity contribution in [2.45, 2.75) is 38.8 Å². The van der Waals surface area contributed by atoms with E-state index in [1.54, 1.807) is 11.0 Å². The van der Waals surface area contributed by atoms with Gasteiger partial charge in [-0.05, 0) is 12.8 Å². The molecular weight excluding hydrogens is 228 g/mol. The Balaban J connectivity index is 2.86. The van der Waals surface area contributed by atoms with Crippen LogP contribution in [0.15, 0.2) is 11.6 Å². The molecule has 1 N–H and O–H groups in total. The predicted molar refractivity (Wildman–Crippen MR) is 63.0 cm³/mol. The van der Waals surface area contributed by atoms with Gasteiger partial charge in [-0.2, -0.15) is 0 Å². The molecule has 2 amide bonds. The summed E-state index contributed by atoms with van der Waals surface area (Å²) >= 11 is 5.45. The average molecular weight is 245 g/mol. The fraction of sp³-hybridized carbons (Fsp3) is 0.636. The monoisotopic (exact) mass is 244 g/mol. The third kappa shape index (κ3) is 2.55. The smallest absolute Gasteiger partial charge is 0.246 e. The molecule has 1 rings (SSSR count). The first-order chi connectivity index (χ1) is 7.65. The second-order valence-electron chi connectivity index (χ2n) is 3.75. The van der Waals surface area contributed by atoms with Crippen molar-refractivity contribution in [1.82, 2.24) is 10.2 Å². The van der Waals surface area contributed by atoms with Crippen LogP contribution in [0.5, 0.6) is 0 Å². The van der Waals surface area contributed by atoms with E-state index in [-0.39, 0.29) is 23.9 Å². The van der Waals surface area contributed by atoms with Crippen molar-refractivity contribution in [3.8, 4) is 0 Å². The van der Waals surface area contributed by atoms with Crippen LogP contribution in [0.3, 0.4) is 0 Å². The van der Waals surface area contributed by atoms with E-state index in [1.807, 2.05) is 13.8 Å². The number of hydrogen-bond acceptors (Lipinski definition) is 2. The molecule has 1 aliphatic heterocycles. The highest BCUT2D eigenvalue weighted by molar-refractivity contribution is 6.25. The largest absolute Gasteiger partial charge is 0.343 e. The number of nitrogens with one attached hydrogen (secondary N) is 1. The number of piperazine rings is 1. The van der Waals surface area contributed by atoms with E-state index in [9.17, 15) is 9.59 Å². The van der Waals surface area contributed by atoms with E-state index in [2.05, 4.69) is 5.32 Å². The van der Waals surface area contributed by atoms with Crippen molar-refractivity contribution >= 4 is 23.4 Å². The van der Waals surface area contributed by atoms with Gasteiger partial charge in [0.15, 0.2) is 0 Å². The molecule has 0 spiro atoms. The SMILES string of the molecule is CCC1NC(=O)C(CC)N(C/C=C/Cl)C1=O. The number of rotatable bonds is 4. The van der Waals surface area contributed by atoms with Crippen molar-refractivity contribution in [3.63, 3.8) is 0 Å². The van der Waals surface area contributed by atoms with Crippen molar-refractivity contribution in [1.29, 1.82) is 0 Å². The van der Waals surface area contributed by atoms with Crippen molar-refractivity contribution < 1.29 is 9.59 Å². The summed E-state index contributed by atoms with van der Waals surface area (Å²) in [6.07, 6.45) is 2.90. The van der Waals surface area contributed by atoms with Crippen molar-refractivity contribution in [2.24, 2.45) is 0 Å². The Morgan fingerprint density at radius 2 is 2.06 bits per heavy atom. The molecule has 1 aliphatic rings. The van der Waals surface area contributed by atoms with Gasteiger partial charge in [-0.15, -0.1) is 0 Å². The van der Waals surface area contributed by atoms with Crippen LogP contribution < -0.4 is 5.32 Å². The van der Waals surface area contributed by atoms with E-state index in [0.29, 0.717) is 19.4 Å².